The number of nitrogens with zero attached hydrogens (tertiary/aromatic N) is 2. The Bertz CT molecular complexity index is 329. The van der Waals surface area contributed by atoms with Gasteiger partial charge in [0, 0.05) is 18.0 Å². The van der Waals surface area contributed by atoms with Crippen molar-refractivity contribution < 1.29 is 13.2 Å². The van der Waals surface area contributed by atoms with Crippen LogP contribution >= 0.6 is 0 Å². The maximum Gasteiger partial charge on any atom is 0.451 e. The Labute approximate surface area is 84.8 Å². The molecule has 0 aliphatic rings. The van der Waals surface area contributed by atoms with Gasteiger partial charge in [0.2, 0.25) is 5.82 Å². The zero-order valence-corrected chi connectivity index (χ0v) is 7.83. The Balaban J connectivity index is 2.73. The molecule has 1 heterocycles. The highest BCUT2D eigenvalue weighted by Crippen LogP contribution is 2.25. The first kappa shape index (κ1) is 11.6. The first-order valence-corrected chi connectivity index (χ1v) is 4.30. The number of rotatable bonds is 3. The van der Waals surface area contributed by atoms with E-state index < -0.39 is 12.0 Å². The fourth-order valence-corrected chi connectivity index (χ4v) is 0.886. The molecule has 0 aliphatic heterocycles. The lowest BCUT2D eigenvalue weighted by Gasteiger charge is -2.03. The van der Waals surface area contributed by atoms with Crippen LogP contribution in [0.25, 0.3) is 6.08 Å². The summed E-state index contributed by atoms with van der Waals surface area (Å²) in [5.74, 6) is -1.13. The van der Waals surface area contributed by atoms with Crippen molar-refractivity contribution in [3.63, 3.8) is 0 Å². The van der Waals surface area contributed by atoms with Crippen molar-refractivity contribution in [3.05, 3.63) is 29.9 Å². The molecule has 0 saturated carbocycles. The van der Waals surface area contributed by atoms with Crippen LogP contribution in [0.1, 0.15) is 17.8 Å². The van der Waals surface area contributed by atoms with Crippen LogP contribution in [0, 0.1) is 0 Å². The Kier molecular flexibility index (Phi) is 3.79. The van der Waals surface area contributed by atoms with Gasteiger partial charge in [-0.3, -0.25) is 0 Å². The molecule has 2 N–H and O–H groups in total. The summed E-state index contributed by atoms with van der Waals surface area (Å²) < 4.78 is 36.2. The highest BCUT2D eigenvalue weighted by molar-refractivity contribution is 5.46. The molecule has 0 spiro atoms. The molecule has 3 nitrogen and oxygen atoms in total. The number of hydrogen-bond acceptors (Lipinski definition) is 3. The van der Waals surface area contributed by atoms with Crippen molar-refractivity contribution in [2.75, 3.05) is 6.54 Å². The summed E-state index contributed by atoms with van der Waals surface area (Å²) in [6.07, 6.45) is 1.82. The molecule has 15 heavy (non-hydrogen) atoms. The molecule has 0 bridgehead atoms. The minimum Gasteiger partial charge on any atom is -0.330 e. The van der Waals surface area contributed by atoms with Crippen molar-refractivity contribution in [1.29, 1.82) is 0 Å². The smallest absolute Gasteiger partial charge is 0.330 e. The Morgan fingerprint density at radius 1 is 1.27 bits per heavy atom. The summed E-state index contributed by atoms with van der Waals surface area (Å²) in [6, 6.07) is 0. The van der Waals surface area contributed by atoms with Gasteiger partial charge in [-0.25, -0.2) is 9.97 Å². The van der Waals surface area contributed by atoms with Crippen molar-refractivity contribution in [3.8, 4) is 0 Å². The van der Waals surface area contributed by atoms with Gasteiger partial charge < -0.3 is 5.73 Å². The van der Waals surface area contributed by atoms with Crippen LogP contribution in [0.15, 0.2) is 18.5 Å². The number of aromatic nitrogens is 2. The zero-order chi connectivity index (χ0) is 11.3. The Morgan fingerprint density at radius 3 is 2.33 bits per heavy atom. The number of hydrogen-bond donors (Lipinski definition) is 1. The standard InChI is InChI=1S/C9H10F3N3/c10-9(11,12)8-14-5-7(6-15-8)3-1-2-4-13/h1,3,5-6H,2,4,13H2/b3-1+. The fourth-order valence-electron chi connectivity index (χ4n) is 0.886. The summed E-state index contributed by atoms with van der Waals surface area (Å²) in [5.41, 5.74) is 5.77. The molecular formula is C9H10F3N3. The normalized spacial score (nSPS) is 12.3. The SMILES string of the molecule is NCC/C=C/c1cnc(C(F)(F)F)nc1. The number of nitrogens with two attached hydrogens (primary N) is 1. The summed E-state index contributed by atoms with van der Waals surface area (Å²) in [7, 11) is 0. The predicted molar refractivity (Wildman–Crippen MR) is 49.7 cm³/mol. The molecular weight excluding hydrogens is 207 g/mol. The highest BCUT2D eigenvalue weighted by Gasteiger charge is 2.34. The van der Waals surface area contributed by atoms with E-state index >= 15 is 0 Å². The fraction of sp³-hybridized carbons (Fsp3) is 0.333. The predicted octanol–water partition coefficient (Wildman–Crippen LogP) is 1.86. The number of alkyl halides is 3. The molecule has 0 unspecified atom stereocenters. The second-order valence-electron chi connectivity index (χ2n) is 2.82. The van der Waals surface area contributed by atoms with Gasteiger partial charge in [0.25, 0.3) is 0 Å². The minimum absolute atomic E-state index is 0.498. The Hall–Kier alpha value is -1.43. The van der Waals surface area contributed by atoms with Crippen LogP contribution in [-0.2, 0) is 6.18 Å². The molecule has 1 rings (SSSR count). The lowest BCUT2D eigenvalue weighted by atomic mass is 10.3. The minimum atomic E-state index is -4.49. The lowest BCUT2D eigenvalue weighted by Crippen LogP contribution is -2.10. The molecule has 82 valence electrons. The average molecular weight is 217 g/mol. The summed E-state index contributed by atoms with van der Waals surface area (Å²) in [6.45, 7) is 0.498. The second kappa shape index (κ2) is 4.88. The van der Waals surface area contributed by atoms with Gasteiger partial charge in [-0.2, -0.15) is 13.2 Å². The van der Waals surface area contributed by atoms with Crippen LogP contribution in [0.2, 0.25) is 0 Å². The topological polar surface area (TPSA) is 51.8 Å². The van der Waals surface area contributed by atoms with E-state index in [9.17, 15) is 13.2 Å². The van der Waals surface area contributed by atoms with Crippen LogP contribution in [-0.4, -0.2) is 16.5 Å². The van der Waals surface area contributed by atoms with Crippen LogP contribution in [0.4, 0.5) is 13.2 Å². The first-order chi connectivity index (χ1) is 7.04. The van der Waals surface area contributed by atoms with Crippen molar-refractivity contribution in [2.24, 2.45) is 5.73 Å². The summed E-state index contributed by atoms with van der Waals surface area (Å²) in [4.78, 5) is 6.42. The van der Waals surface area contributed by atoms with Crippen LogP contribution in [0.3, 0.4) is 0 Å². The van der Waals surface area contributed by atoms with Crippen molar-refractivity contribution in [2.45, 2.75) is 12.6 Å². The maximum absolute atomic E-state index is 12.1. The molecule has 0 saturated heterocycles. The summed E-state index contributed by atoms with van der Waals surface area (Å²) >= 11 is 0. The van der Waals surface area contributed by atoms with E-state index in [4.69, 9.17) is 5.73 Å². The number of halogens is 3. The van der Waals surface area contributed by atoms with E-state index in [-0.39, 0.29) is 0 Å². The van der Waals surface area contributed by atoms with Gasteiger partial charge in [-0.05, 0) is 13.0 Å². The third-order valence-corrected chi connectivity index (χ3v) is 1.57. The monoisotopic (exact) mass is 217 g/mol. The molecule has 1 aromatic heterocycles. The van der Waals surface area contributed by atoms with Gasteiger partial charge in [0.05, 0.1) is 0 Å². The van der Waals surface area contributed by atoms with E-state index in [1.807, 2.05) is 0 Å². The largest absolute Gasteiger partial charge is 0.451 e. The van der Waals surface area contributed by atoms with Gasteiger partial charge in [-0.1, -0.05) is 12.2 Å². The van der Waals surface area contributed by atoms with E-state index in [2.05, 4.69) is 9.97 Å². The molecule has 6 heteroatoms. The van der Waals surface area contributed by atoms with Crippen molar-refractivity contribution in [1.82, 2.24) is 9.97 Å². The molecule has 0 fully saturated rings. The molecule has 0 aromatic carbocycles. The quantitative estimate of drug-likeness (QED) is 0.840. The zero-order valence-electron chi connectivity index (χ0n) is 7.83. The molecule has 0 atom stereocenters. The second-order valence-corrected chi connectivity index (χ2v) is 2.82. The van der Waals surface area contributed by atoms with E-state index in [0.717, 1.165) is 12.4 Å². The van der Waals surface area contributed by atoms with Crippen LogP contribution < -0.4 is 5.73 Å². The Morgan fingerprint density at radius 2 is 1.87 bits per heavy atom. The van der Waals surface area contributed by atoms with Gasteiger partial charge in [-0.15, -0.1) is 0 Å². The summed E-state index contributed by atoms with van der Waals surface area (Å²) in [5, 5.41) is 0. The van der Waals surface area contributed by atoms with Crippen LogP contribution in [0.5, 0.6) is 0 Å². The molecule has 0 amide bonds. The van der Waals surface area contributed by atoms with E-state index in [1.54, 1.807) is 12.2 Å². The molecule has 0 radical (unpaired) electrons. The van der Waals surface area contributed by atoms with Gasteiger partial charge in [0.1, 0.15) is 0 Å². The molecule has 1 aromatic rings. The van der Waals surface area contributed by atoms with Gasteiger partial charge >= 0.3 is 6.18 Å². The highest BCUT2D eigenvalue weighted by atomic mass is 19.4. The maximum atomic E-state index is 12.1. The third-order valence-electron chi connectivity index (χ3n) is 1.57. The van der Waals surface area contributed by atoms with Crippen molar-refractivity contribution >= 4 is 6.08 Å². The lowest BCUT2D eigenvalue weighted by molar-refractivity contribution is -0.145. The molecule has 0 aliphatic carbocycles. The third kappa shape index (κ3) is 3.67. The van der Waals surface area contributed by atoms with Gasteiger partial charge in [0.15, 0.2) is 0 Å². The van der Waals surface area contributed by atoms with E-state index in [0.29, 0.717) is 18.5 Å². The first-order valence-electron chi connectivity index (χ1n) is 4.30. The van der Waals surface area contributed by atoms with E-state index in [1.165, 1.54) is 0 Å². The average Bonchev–Trinajstić information content (AvgIpc) is 2.18.